The van der Waals surface area contributed by atoms with E-state index in [2.05, 4.69) is 15.6 Å². The van der Waals surface area contributed by atoms with Crippen molar-refractivity contribution in [3.05, 3.63) is 65.0 Å². The molecule has 0 aliphatic carbocycles. The molecule has 158 valence electrons. The number of aryl methyl sites for hydroxylation is 1. The maximum atomic E-state index is 14.2. The molecule has 0 bridgehead atoms. The predicted molar refractivity (Wildman–Crippen MR) is 117 cm³/mol. The molecule has 0 amide bonds. The molecule has 0 saturated carbocycles. The van der Waals surface area contributed by atoms with Crippen LogP contribution in [0.3, 0.4) is 0 Å². The number of benzene rings is 2. The van der Waals surface area contributed by atoms with E-state index in [1.165, 1.54) is 12.3 Å². The van der Waals surface area contributed by atoms with Gasteiger partial charge in [-0.05, 0) is 42.7 Å². The monoisotopic (exact) mass is 419 g/mol. The van der Waals surface area contributed by atoms with E-state index in [0.29, 0.717) is 41.6 Å². The molecule has 7 heteroatoms. The van der Waals surface area contributed by atoms with Crippen molar-refractivity contribution in [2.75, 3.05) is 19.3 Å². The molecule has 0 aliphatic heterocycles. The number of hydrogen-bond acceptors (Lipinski definition) is 3. The first-order valence-corrected chi connectivity index (χ1v) is 11.5. The van der Waals surface area contributed by atoms with E-state index in [1.54, 1.807) is 31.2 Å². The molecule has 0 fully saturated rings. The molecule has 0 aliphatic rings. The van der Waals surface area contributed by atoms with E-state index in [-0.39, 0.29) is 5.82 Å². The summed E-state index contributed by atoms with van der Waals surface area (Å²) < 4.78 is 37.7. The van der Waals surface area contributed by atoms with Gasteiger partial charge in [0, 0.05) is 24.8 Å². The van der Waals surface area contributed by atoms with Crippen LogP contribution < -0.4 is 10.6 Å². The third-order valence-electron chi connectivity index (χ3n) is 4.70. The summed E-state index contributed by atoms with van der Waals surface area (Å²) in [4.78, 5) is 4.92. The van der Waals surface area contributed by atoms with Crippen LogP contribution in [0.25, 0.3) is 0 Å². The van der Waals surface area contributed by atoms with Crippen LogP contribution >= 0.6 is 0 Å². The SMILES string of the molecule is CCNC(=NCc1ccc(S(C)(=O)=O)c(C)c1)NCC(C)(C)c1ccccc1F. The van der Waals surface area contributed by atoms with E-state index in [1.807, 2.05) is 32.9 Å². The maximum absolute atomic E-state index is 14.2. The number of nitrogens with one attached hydrogen (secondary N) is 2. The lowest BCUT2D eigenvalue weighted by atomic mass is 9.84. The Labute approximate surface area is 173 Å². The van der Waals surface area contributed by atoms with Crippen LogP contribution in [0, 0.1) is 12.7 Å². The van der Waals surface area contributed by atoms with Gasteiger partial charge in [0.25, 0.3) is 0 Å². The van der Waals surface area contributed by atoms with Crippen molar-refractivity contribution >= 4 is 15.8 Å². The van der Waals surface area contributed by atoms with Gasteiger partial charge in [-0.25, -0.2) is 17.8 Å². The van der Waals surface area contributed by atoms with Crippen molar-refractivity contribution in [1.82, 2.24) is 10.6 Å². The summed E-state index contributed by atoms with van der Waals surface area (Å²) in [6, 6.07) is 12.0. The Bertz CT molecular complexity index is 985. The molecule has 0 spiro atoms. The summed E-state index contributed by atoms with van der Waals surface area (Å²) >= 11 is 0. The minimum atomic E-state index is -3.24. The largest absolute Gasteiger partial charge is 0.357 e. The fourth-order valence-electron chi connectivity index (χ4n) is 3.15. The molecule has 2 aromatic rings. The summed E-state index contributed by atoms with van der Waals surface area (Å²) in [5.74, 6) is 0.407. The Morgan fingerprint density at radius 3 is 2.41 bits per heavy atom. The number of guanidine groups is 1. The summed E-state index contributed by atoms with van der Waals surface area (Å²) in [5.41, 5.74) is 1.85. The van der Waals surface area contributed by atoms with Gasteiger partial charge in [0.1, 0.15) is 5.82 Å². The fourth-order valence-corrected chi connectivity index (χ4v) is 4.11. The van der Waals surface area contributed by atoms with Crippen LogP contribution in [-0.2, 0) is 21.8 Å². The van der Waals surface area contributed by atoms with Gasteiger partial charge in [-0.3, -0.25) is 0 Å². The lowest BCUT2D eigenvalue weighted by Gasteiger charge is -2.27. The first kappa shape index (κ1) is 22.9. The Kier molecular flexibility index (Phi) is 7.41. The van der Waals surface area contributed by atoms with Crippen molar-refractivity contribution in [1.29, 1.82) is 0 Å². The summed E-state index contributed by atoms with van der Waals surface area (Å²) in [5, 5.41) is 6.47. The first-order valence-electron chi connectivity index (χ1n) is 9.61. The lowest BCUT2D eigenvalue weighted by molar-refractivity contribution is 0.473. The molecule has 0 heterocycles. The molecule has 0 saturated heterocycles. The summed E-state index contributed by atoms with van der Waals surface area (Å²) in [6.45, 7) is 9.32. The number of rotatable bonds is 7. The third kappa shape index (κ3) is 6.29. The van der Waals surface area contributed by atoms with Crippen LogP contribution in [-0.4, -0.2) is 33.7 Å². The van der Waals surface area contributed by atoms with Crippen molar-refractivity contribution in [3.63, 3.8) is 0 Å². The minimum Gasteiger partial charge on any atom is -0.357 e. The van der Waals surface area contributed by atoms with Crippen LogP contribution in [0.4, 0.5) is 4.39 Å². The summed E-state index contributed by atoms with van der Waals surface area (Å²) in [6.07, 6.45) is 1.21. The van der Waals surface area contributed by atoms with Crippen molar-refractivity contribution < 1.29 is 12.8 Å². The average Bonchev–Trinajstić information content (AvgIpc) is 2.63. The Hall–Kier alpha value is -2.41. The highest BCUT2D eigenvalue weighted by Crippen LogP contribution is 2.24. The molecule has 0 aromatic heterocycles. The highest BCUT2D eigenvalue weighted by molar-refractivity contribution is 7.90. The third-order valence-corrected chi connectivity index (χ3v) is 5.96. The topological polar surface area (TPSA) is 70.6 Å². The van der Waals surface area contributed by atoms with Gasteiger partial charge < -0.3 is 10.6 Å². The van der Waals surface area contributed by atoms with E-state index in [4.69, 9.17) is 0 Å². The Balaban J connectivity index is 2.12. The molecular weight excluding hydrogens is 389 g/mol. The Morgan fingerprint density at radius 1 is 1.14 bits per heavy atom. The van der Waals surface area contributed by atoms with Crippen LogP contribution in [0.1, 0.15) is 37.5 Å². The molecule has 0 radical (unpaired) electrons. The van der Waals surface area contributed by atoms with Gasteiger partial charge in [-0.2, -0.15) is 0 Å². The van der Waals surface area contributed by atoms with Crippen LogP contribution in [0.15, 0.2) is 52.4 Å². The first-order chi connectivity index (χ1) is 13.5. The molecule has 2 rings (SSSR count). The molecule has 5 nitrogen and oxygen atoms in total. The van der Waals surface area contributed by atoms with Crippen molar-refractivity contribution in [2.45, 2.75) is 44.6 Å². The van der Waals surface area contributed by atoms with Crippen molar-refractivity contribution in [2.24, 2.45) is 4.99 Å². The Morgan fingerprint density at radius 2 is 1.83 bits per heavy atom. The van der Waals surface area contributed by atoms with Gasteiger partial charge in [-0.15, -0.1) is 0 Å². The zero-order chi connectivity index (χ0) is 21.7. The molecule has 29 heavy (non-hydrogen) atoms. The average molecular weight is 420 g/mol. The second-order valence-electron chi connectivity index (χ2n) is 7.78. The molecule has 2 aromatic carbocycles. The van der Waals surface area contributed by atoms with Crippen molar-refractivity contribution in [3.8, 4) is 0 Å². The van der Waals surface area contributed by atoms with E-state index in [0.717, 1.165) is 5.56 Å². The highest BCUT2D eigenvalue weighted by Gasteiger charge is 2.24. The lowest BCUT2D eigenvalue weighted by Crippen LogP contribution is -2.43. The van der Waals surface area contributed by atoms with E-state index in [9.17, 15) is 12.8 Å². The smallest absolute Gasteiger partial charge is 0.191 e. The molecular formula is C22H30FN3O2S. The van der Waals surface area contributed by atoms with Gasteiger partial charge in [0.05, 0.1) is 11.4 Å². The van der Waals surface area contributed by atoms with Gasteiger partial charge in [-0.1, -0.05) is 44.2 Å². The second-order valence-corrected chi connectivity index (χ2v) is 9.77. The number of sulfone groups is 1. The quantitative estimate of drug-likeness (QED) is 0.532. The van der Waals surface area contributed by atoms with Crippen LogP contribution in [0.5, 0.6) is 0 Å². The molecule has 0 unspecified atom stereocenters. The van der Waals surface area contributed by atoms with Crippen LogP contribution in [0.2, 0.25) is 0 Å². The van der Waals surface area contributed by atoms with Gasteiger partial charge in [0.2, 0.25) is 0 Å². The number of aliphatic imine (C=N–C) groups is 1. The predicted octanol–water partition coefficient (Wildman–Crippen LogP) is 3.57. The number of halogens is 1. The van der Waals surface area contributed by atoms with E-state index >= 15 is 0 Å². The molecule has 2 N–H and O–H groups in total. The fraction of sp³-hybridized carbons (Fsp3) is 0.409. The molecule has 0 atom stereocenters. The minimum absolute atomic E-state index is 0.220. The second kappa shape index (κ2) is 9.39. The summed E-state index contributed by atoms with van der Waals surface area (Å²) in [7, 11) is -3.24. The maximum Gasteiger partial charge on any atom is 0.191 e. The van der Waals surface area contributed by atoms with Gasteiger partial charge >= 0.3 is 0 Å². The zero-order valence-corrected chi connectivity index (χ0v) is 18.5. The normalized spacial score (nSPS) is 12.7. The number of nitrogens with zero attached hydrogens (tertiary/aromatic N) is 1. The zero-order valence-electron chi connectivity index (χ0n) is 17.7. The standard InChI is InChI=1S/C22H30FN3O2S/c1-6-24-21(26-15-22(3,4)18-9-7-8-10-19(18)23)25-14-17-11-12-20(16(2)13-17)29(5,27)28/h7-13H,6,14-15H2,1-5H3,(H2,24,25,26). The van der Waals surface area contributed by atoms with Gasteiger partial charge in [0.15, 0.2) is 15.8 Å². The van der Waals surface area contributed by atoms with E-state index < -0.39 is 15.3 Å². The number of hydrogen-bond donors (Lipinski definition) is 2. The highest BCUT2D eigenvalue weighted by atomic mass is 32.2.